The standard InChI is InChI=1S/C20H31FN4OS/c1-22-20(24-17-6-7-18(13-17)27-2)23-14-19(25-8-10-26-11-9-25)15-4-3-5-16(21)12-15/h3-5,12,17-19H,6-11,13-14H2,1-2H3,(H2,22,23,24). The number of ether oxygens (including phenoxy) is 1. The largest absolute Gasteiger partial charge is 0.379 e. The minimum Gasteiger partial charge on any atom is -0.379 e. The molecule has 0 bridgehead atoms. The minimum absolute atomic E-state index is 0.0886. The molecule has 5 nitrogen and oxygen atoms in total. The van der Waals surface area contributed by atoms with Crippen LogP contribution in [-0.4, -0.2) is 68.3 Å². The number of guanidine groups is 1. The van der Waals surface area contributed by atoms with Crippen molar-refractivity contribution in [3.05, 3.63) is 35.6 Å². The predicted molar refractivity (Wildman–Crippen MR) is 111 cm³/mol. The molecule has 1 aromatic rings. The van der Waals surface area contributed by atoms with Gasteiger partial charge in [0.1, 0.15) is 5.82 Å². The van der Waals surface area contributed by atoms with Crippen molar-refractivity contribution in [3.63, 3.8) is 0 Å². The Kier molecular flexibility index (Phi) is 7.79. The zero-order valence-corrected chi connectivity index (χ0v) is 17.1. The molecule has 2 N–H and O–H groups in total. The molecule has 3 unspecified atom stereocenters. The van der Waals surface area contributed by atoms with Crippen molar-refractivity contribution in [2.75, 3.05) is 46.2 Å². The van der Waals surface area contributed by atoms with Crippen LogP contribution in [-0.2, 0) is 4.74 Å². The molecule has 0 spiro atoms. The molecule has 2 aliphatic rings. The van der Waals surface area contributed by atoms with Crippen molar-refractivity contribution in [2.24, 2.45) is 4.99 Å². The van der Waals surface area contributed by atoms with Crippen LogP contribution in [0.1, 0.15) is 30.9 Å². The molecule has 1 aromatic carbocycles. The Morgan fingerprint density at radius 2 is 2.19 bits per heavy atom. The fourth-order valence-corrected chi connectivity index (χ4v) is 4.72. The van der Waals surface area contributed by atoms with E-state index in [0.717, 1.165) is 43.1 Å². The fraction of sp³-hybridized carbons (Fsp3) is 0.650. The molecule has 2 fully saturated rings. The van der Waals surface area contributed by atoms with Gasteiger partial charge in [0.05, 0.1) is 19.3 Å². The van der Waals surface area contributed by atoms with Gasteiger partial charge in [-0.15, -0.1) is 0 Å². The van der Waals surface area contributed by atoms with Crippen molar-refractivity contribution < 1.29 is 9.13 Å². The third-order valence-electron chi connectivity index (χ3n) is 5.47. The van der Waals surface area contributed by atoms with Gasteiger partial charge in [-0.3, -0.25) is 9.89 Å². The summed E-state index contributed by atoms with van der Waals surface area (Å²) in [7, 11) is 1.81. The molecule has 1 aliphatic carbocycles. The van der Waals surface area contributed by atoms with Gasteiger partial charge in [-0.1, -0.05) is 12.1 Å². The van der Waals surface area contributed by atoms with E-state index < -0.39 is 0 Å². The van der Waals surface area contributed by atoms with Gasteiger partial charge in [0.25, 0.3) is 0 Å². The number of thioether (sulfide) groups is 1. The topological polar surface area (TPSA) is 48.9 Å². The molecule has 1 saturated carbocycles. The molecule has 150 valence electrons. The van der Waals surface area contributed by atoms with E-state index in [9.17, 15) is 4.39 Å². The number of halogens is 1. The summed E-state index contributed by atoms with van der Waals surface area (Å²) >= 11 is 1.95. The second-order valence-corrected chi connectivity index (χ2v) is 8.32. The Labute approximate surface area is 166 Å². The zero-order valence-electron chi connectivity index (χ0n) is 16.3. The van der Waals surface area contributed by atoms with Crippen molar-refractivity contribution in [3.8, 4) is 0 Å². The number of nitrogens with zero attached hydrogens (tertiary/aromatic N) is 2. The van der Waals surface area contributed by atoms with Gasteiger partial charge in [-0.25, -0.2) is 4.39 Å². The lowest BCUT2D eigenvalue weighted by molar-refractivity contribution is 0.0169. The molecule has 1 heterocycles. The number of nitrogens with one attached hydrogen (secondary N) is 2. The summed E-state index contributed by atoms with van der Waals surface area (Å²) in [5.74, 6) is 0.638. The Morgan fingerprint density at radius 1 is 1.37 bits per heavy atom. The third-order valence-corrected chi connectivity index (χ3v) is 6.56. The molecule has 0 radical (unpaired) electrons. The number of rotatable bonds is 6. The number of benzene rings is 1. The number of hydrogen-bond acceptors (Lipinski definition) is 4. The summed E-state index contributed by atoms with van der Waals surface area (Å²) in [6, 6.07) is 7.48. The number of aliphatic imine (C=N–C) groups is 1. The average molecular weight is 395 g/mol. The first kappa shape index (κ1) is 20.4. The molecule has 7 heteroatoms. The van der Waals surface area contributed by atoms with Crippen molar-refractivity contribution in [2.45, 2.75) is 36.6 Å². The van der Waals surface area contributed by atoms with Crippen LogP contribution < -0.4 is 10.6 Å². The van der Waals surface area contributed by atoms with Gasteiger partial charge < -0.3 is 15.4 Å². The van der Waals surface area contributed by atoms with E-state index in [-0.39, 0.29) is 11.9 Å². The van der Waals surface area contributed by atoms with Crippen LogP contribution in [0.3, 0.4) is 0 Å². The highest BCUT2D eigenvalue weighted by atomic mass is 32.2. The molecule has 27 heavy (non-hydrogen) atoms. The van der Waals surface area contributed by atoms with Gasteiger partial charge in [-0.05, 0) is 43.2 Å². The van der Waals surface area contributed by atoms with E-state index in [1.807, 2.05) is 24.9 Å². The second kappa shape index (κ2) is 10.3. The van der Waals surface area contributed by atoms with E-state index >= 15 is 0 Å². The van der Waals surface area contributed by atoms with Crippen molar-refractivity contribution in [1.29, 1.82) is 0 Å². The van der Waals surface area contributed by atoms with E-state index in [1.165, 1.54) is 25.3 Å². The first-order chi connectivity index (χ1) is 13.2. The van der Waals surface area contributed by atoms with Gasteiger partial charge in [-0.2, -0.15) is 11.8 Å². The molecule has 1 saturated heterocycles. The molecule has 0 aromatic heterocycles. The Hall–Kier alpha value is -1.31. The normalized spacial score (nSPS) is 25.4. The maximum Gasteiger partial charge on any atom is 0.191 e. The van der Waals surface area contributed by atoms with E-state index in [1.54, 1.807) is 12.1 Å². The van der Waals surface area contributed by atoms with Crippen molar-refractivity contribution >= 4 is 17.7 Å². The maximum atomic E-state index is 13.8. The summed E-state index contributed by atoms with van der Waals surface area (Å²) in [4.78, 5) is 6.76. The van der Waals surface area contributed by atoms with E-state index in [2.05, 4.69) is 26.8 Å². The highest BCUT2D eigenvalue weighted by molar-refractivity contribution is 7.99. The minimum atomic E-state index is -0.192. The molecule has 3 atom stereocenters. The smallest absolute Gasteiger partial charge is 0.191 e. The van der Waals surface area contributed by atoms with E-state index in [4.69, 9.17) is 4.74 Å². The summed E-state index contributed by atoms with van der Waals surface area (Å²) < 4.78 is 19.3. The summed E-state index contributed by atoms with van der Waals surface area (Å²) in [6.45, 7) is 3.83. The average Bonchev–Trinajstić information content (AvgIpc) is 3.16. The van der Waals surface area contributed by atoms with Crippen LogP contribution in [0.25, 0.3) is 0 Å². The van der Waals surface area contributed by atoms with Gasteiger partial charge in [0, 0.05) is 38.0 Å². The molecule has 0 amide bonds. The Morgan fingerprint density at radius 3 is 2.85 bits per heavy atom. The molecule has 3 rings (SSSR count). The Balaban J connectivity index is 1.62. The monoisotopic (exact) mass is 394 g/mol. The SMILES string of the molecule is CN=C(NCC(c1cccc(F)c1)N1CCOCC1)NC1CCC(SC)C1. The number of hydrogen-bond donors (Lipinski definition) is 2. The van der Waals surface area contributed by atoms with Crippen molar-refractivity contribution in [1.82, 2.24) is 15.5 Å². The predicted octanol–water partition coefficient (Wildman–Crippen LogP) is 2.65. The molecular weight excluding hydrogens is 363 g/mol. The van der Waals surface area contributed by atoms with Gasteiger partial charge in [0.2, 0.25) is 0 Å². The quantitative estimate of drug-likeness (QED) is 0.574. The maximum absolute atomic E-state index is 13.8. The van der Waals surface area contributed by atoms with Gasteiger partial charge in [0.15, 0.2) is 5.96 Å². The third kappa shape index (κ3) is 5.83. The lowest BCUT2D eigenvalue weighted by Gasteiger charge is -2.35. The zero-order chi connectivity index (χ0) is 19.1. The lowest BCUT2D eigenvalue weighted by atomic mass is 10.0. The van der Waals surface area contributed by atoms with Gasteiger partial charge >= 0.3 is 0 Å². The van der Waals surface area contributed by atoms with E-state index in [0.29, 0.717) is 12.6 Å². The summed E-state index contributed by atoms with van der Waals surface area (Å²) in [5.41, 5.74) is 0.989. The summed E-state index contributed by atoms with van der Waals surface area (Å²) in [5, 5.41) is 7.78. The van der Waals surface area contributed by atoms with Crippen LogP contribution in [0, 0.1) is 5.82 Å². The van der Waals surface area contributed by atoms with Crippen LogP contribution >= 0.6 is 11.8 Å². The highest BCUT2D eigenvalue weighted by Crippen LogP contribution is 2.28. The fourth-order valence-electron chi connectivity index (χ4n) is 3.93. The van der Waals surface area contributed by atoms with Crippen LogP contribution in [0.5, 0.6) is 0 Å². The Bertz CT molecular complexity index is 624. The van der Waals surface area contributed by atoms with Crippen LogP contribution in [0.15, 0.2) is 29.3 Å². The second-order valence-electron chi connectivity index (χ2n) is 7.18. The van der Waals surface area contributed by atoms with Crippen LogP contribution in [0.4, 0.5) is 4.39 Å². The summed E-state index contributed by atoms with van der Waals surface area (Å²) in [6.07, 6.45) is 5.81. The first-order valence-corrected chi connectivity index (χ1v) is 11.1. The highest BCUT2D eigenvalue weighted by Gasteiger charge is 2.26. The van der Waals surface area contributed by atoms with Crippen LogP contribution in [0.2, 0.25) is 0 Å². The number of morpholine rings is 1. The first-order valence-electron chi connectivity index (χ1n) is 9.77. The molecule has 1 aliphatic heterocycles. The lowest BCUT2D eigenvalue weighted by Crippen LogP contribution is -2.48. The molecular formula is C20H31FN4OS.